The Kier molecular flexibility index (Phi) is 4.90. The molecule has 0 amide bonds. The maximum atomic E-state index is 12.6. The molecular weight excluding hydrogens is 312 g/mol. The van der Waals surface area contributed by atoms with Crippen LogP contribution in [0.3, 0.4) is 0 Å². The molecule has 2 aromatic rings. The summed E-state index contributed by atoms with van der Waals surface area (Å²) in [4.78, 5) is 14.5. The number of hydrogen-bond acceptors (Lipinski definition) is 4. The van der Waals surface area contributed by atoms with Crippen molar-refractivity contribution >= 4 is 33.5 Å². The van der Waals surface area contributed by atoms with E-state index in [1.807, 2.05) is 61.5 Å². The highest BCUT2D eigenvalue weighted by molar-refractivity contribution is 8.14. The first kappa shape index (κ1) is 15.3. The van der Waals surface area contributed by atoms with Crippen molar-refractivity contribution < 1.29 is 9.53 Å². The van der Waals surface area contributed by atoms with E-state index in [-0.39, 0.29) is 5.12 Å². The normalized spacial score (nSPS) is 14.6. The highest BCUT2D eigenvalue weighted by Gasteiger charge is 2.23. The summed E-state index contributed by atoms with van der Waals surface area (Å²) in [5.74, 6) is 1.35. The van der Waals surface area contributed by atoms with Gasteiger partial charge in [-0.3, -0.25) is 4.79 Å². The lowest BCUT2D eigenvalue weighted by atomic mass is 10.2. The van der Waals surface area contributed by atoms with E-state index in [0.717, 1.165) is 21.1 Å². The van der Waals surface area contributed by atoms with Crippen molar-refractivity contribution in [3.63, 3.8) is 0 Å². The van der Waals surface area contributed by atoms with Crippen LogP contribution in [0.25, 0.3) is 4.91 Å². The van der Waals surface area contributed by atoms with Crippen molar-refractivity contribution in [3.05, 3.63) is 71.5 Å². The molecule has 112 valence electrons. The van der Waals surface area contributed by atoms with Crippen LogP contribution in [0, 0.1) is 6.92 Å². The van der Waals surface area contributed by atoms with Crippen LogP contribution in [0.2, 0.25) is 0 Å². The summed E-state index contributed by atoms with van der Waals surface area (Å²) in [6, 6.07) is 17.9. The molecule has 0 bridgehead atoms. The summed E-state index contributed by atoms with van der Waals surface area (Å²) >= 11 is 2.91. The highest BCUT2D eigenvalue weighted by atomic mass is 32.2. The third kappa shape index (κ3) is 3.57. The number of aryl methyl sites for hydroxylation is 1. The van der Waals surface area contributed by atoms with Gasteiger partial charge in [0.1, 0.15) is 0 Å². The fourth-order valence-electron chi connectivity index (χ4n) is 2.13. The SMILES string of the molecule is Cc1ccc(SC(=O)C2=C(c3ccccc3)SCCO2)cc1. The predicted octanol–water partition coefficient (Wildman–Crippen LogP) is 4.75. The zero-order chi connectivity index (χ0) is 15.4. The van der Waals surface area contributed by atoms with Crippen LogP contribution < -0.4 is 0 Å². The van der Waals surface area contributed by atoms with Crippen LogP contribution in [-0.2, 0) is 9.53 Å². The molecular formula is C18H16O2S2. The summed E-state index contributed by atoms with van der Waals surface area (Å²) < 4.78 is 5.69. The van der Waals surface area contributed by atoms with Gasteiger partial charge in [0.15, 0.2) is 5.76 Å². The van der Waals surface area contributed by atoms with E-state index in [0.29, 0.717) is 12.4 Å². The Bertz CT molecular complexity index is 691. The molecule has 4 heteroatoms. The lowest BCUT2D eigenvalue weighted by molar-refractivity contribution is -0.110. The van der Waals surface area contributed by atoms with E-state index in [1.54, 1.807) is 11.8 Å². The van der Waals surface area contributed by atoms with Gasteiger partial charge in [0.05, 0.1) is 11.5 Å². The van der Waals surface area contributed by atoms with Crippen molar-refractivity contribution in [1.29, 1.82) is 0 Å². The Morgan fingerprint density at radius 1 is 1.09 bits per heavy atom. The van der Waals surface area contributed by atoms with Crippen molar-refractivity contribution in [1.82, 2.24) is 0 Å². The predicted molar refractivity (Wildman–Crippen MR) is 93.8 cm³/mol. The molecule has 0 aromatic heterocycles. The van der Waals surface area contributed by atoms with Crippen LogP contribution in [0.4, 0.5) is 0 Å². The van der Waals surface area contributed by atoms with Gasteiger partial charge in [0.25, 0.3) is 5.12 Å². The van der Waals surface area contributed by atoms with Gasteiger partial charge in [0.2, 0.25) is 0 Å². The molecule has 1 aliphatic heterocycles. The number of carbonyl (C=O) groups is 1. The van der Waals surface area contributed by atoms with E-state index in [9.17, 15) is 4.79 Å². The van der Waals surface area contributed by atoms with Crippen molar-refractivity contribution in [2.75, 3.05) is 12.4 Å². The van der Waals surface area contributed by atoms with Crippen LogP contribution in [-0.4, -0.2) is 17.5 Å². The van der Waals surface area contributed by atoms with Crippen LogP contribution in [0.5, 0.6) is 0 Å². The summed E-state index contributed by atoms with van der Waals surface area (Å²) in [5.41, 5.74) is 2.23. The lowest BCUT2D eigenvalue weighted by Gasteiger charge is -2.20. The molecule has 0 radical (unpaired) electrons. The average molecular weight is 328 g/mol. The van der Waals surface area contributed by atoms with Gasteiger partial charge in [-0.15, -0.1) is 11.8 Å². The molecule has 22 heavy (non-hydrogen) atoms. The van der Waals surface area contributed by atoms with E-state index in [4.69, 9.17) is 4.74 Å². The van der Waals surface area contributed by atoms with Gasteiger partial charge in [0, 0.05) is 10.6 Å². The largest absolute Gasteiger partial charge is 0.487 e. The number of hydrogen-bond donors (Lipinski definition) is 0. The zero-order valence-electron chi connectivity index (χ0n) is 12.2. The average Bonchev–Trinajstić information content (AvgIpc) is 2.58. The van der Waals surface area contributed by atoms with E-state index in [1.165, 1.54) is 17.3 Å². The molecule has 0 saturated carbocycles. The van der Waals surface area contributed by atoms with Crippen LogP contribution in [0.1, 0.15) is 11.1 Å². The first-order valence-corrected chi connectivity index (χ1v) is 8.88. The van der Waals surface area contributed by atoms with Crippen LogP contribution in [0.15, 0.2) is 65.3 Å². The van der Waals surface area contributed by atoms with E-state index < -0.39 is 0 Å². The topological polar surface area (TPSA) is 26.3 Å². The second-order valence-electron chi connectivity index (χ2n) is 4.92. The third-order valence-corrected chi connectivity index (χ3v) is 5.19. The molecule has 2 nitrogen and oxygen atoms in total. The number of rotatable bonds is 3. The standard InChI is InChI=1S/C18H16O2S2/c1-13-7-9-15(10-8-13)22-18(19)16-17(21-12-11-20-16)14-5-3-2-4-6-14/h2-10H,11-12H2,1H3. The first-order chi connectivity index (χ1) is 10.7. The molecule has 0 fully saturated rings. The Morgan fingerprint density at radius 3 is 2.55 bits per heavy atom. The van der Waals surface area contributed by atoms with Crippen molar-refractivity contribution in [2.24, 2.45) is 0 Å². The number of benzene rings is 2. The van der Waals surface area contributed by atoms with Gasteiger partial charge < -0.3 is 4.74 Å². The Labute approximate surface area is 139 Å². The molecule has 3 rings (SSSR count). The fourth-order valence-corrected chi connectivity index (χ4v) is 3.89. The molecule has 1 aliphatic rings. The maximum Gasteiger partial charge on any atom is 0.259 e. The molecule has 0 spiro atoms. The number of carbonyl (C=O) groups excluding carboxylic acids is 1. The smallest absolute Gasteiger partial charge is 0.259 e. The van der Waals surface area contributed by atoms with E-state index in [2.05, 4.69) is 0 Å². The minimum Gasteiger partial charge on any atom is -0.487 e. The van der Waals surface area contributed by atoms with Gasteiger partial charge in [-0.05, 0) is 36.4 Å². The first-order valence-electron chi connectivity index (χ1n) is 7.08. The monoisotopic (exact) mass is 328 g/mol. The molecule has 1 heterocycles. The Hall–Kier alpha value is -1.65. The maximum absolute atomic E-state index is 12.6. The van der Waals surface area contributed by atoms with E-state index >= 15 is 0 Å². The van der Waals surface area contributed by atoms with Crippen molar-refractivity contribution in [3.8, 4) is 0 Å². The van der Waals surface area contributed by atoms with Crippen LogP contribution >= 0.6 is 23.5 Å². The second-order valence-corrected chi connectivity index (χ2v) is 7.08. The minimum absolute atomic E-state index is 0.0325. The lowest BCUT2D eigenvalue weighted by Crippen LogP contribution is -2.12. The summed E-state index contributed by atoms with van der Waals surface area (Å²) in [6.45, 7) is 2.61. The molecule has 0 aliphatic carbocycles. The Balaban J connectivity index is 1.87. The fraction of sp³-hybridized carbons (Fsp3) is 0.167. The summed E-state index contributed by atoms with van der Waals surface area (Å²) in [6.07, 6.45) is 0. The van der Waals surface area contributed by atoms with Gasteiger partial charge in [-0.25, -0.2) is 0 Å². The summed E-state index contributed by atoms with van der Waals surface area (Å²) in [7, 11) is 0. The number of ether oxygens (including phenoxy) is 1. The molecule has 0 saturated heterocycles. The molecule has 0 N–H and O–H groups in total. The second kappa shape index (κ2) is 7.07. The third-order valence-electron chi connectivity index (χ3n) is 3.24. The van der Waals surface area contributed by atoms with Crippen molar-refractivity contribution in [2.45, 2.75) is 11.8 Å². The van der Waals surface area contributed by atoms with Gasteiger partial charge in [-0.2, -0.15) is 0 Å². The van der Waals surface area contributed by atoms with Gasteiger partial charge in [-0.1, -0.05) is 48.0 Å². The zero-order valence-corrected chi connectivity index (χ0v) is 13.9. The highest BCUT2D eigenvalue weighted by Crippen LogP contribution is 2.37. The quantitative estimate of drug-likeness (QED) is 0.760. The molecule has 2 aromatic carbocycles. The minimum atomic E-state index is -0.0325. The number of thioether (sulfide) groups is 2. The summed E-state index contributed by atoms with van der Waals surface area (Å²) in [5, 5.41) is -0.0325. The Morgan fingerprint density at radius 2 is 1.82 bits per heavy atom. The molecule has 0 atom stereocenters. The molecule has 0 unspecified atom stereocenters. The van der Waals surface area contributed by atoms with Gasteiger partial charge >= 0.3 is 0 Å².